The van der Waals surface area contributed by atoms with Gasteiger partial charge in [0, 0.05) is 19.4 Å². The van der Waals surface area contributed by atoms with Gasteiger partial charge in [0.1, 0.15) is 6.10 Å². The highest BCUT2D eigenvalue weighted by molar-refractivity contribution is 5.69. The summed E-state index contributed by atoms with van der Waals surface area (Å²) in [5.41, 5.74) is 0. The molecule has 0 amide bonds. The fraction of sp³-hybridized carbons (Fsp3) is 0.955. The van der Waals surface area contributed by atoms with Gasteiger partial charge in [-0.05, 0) is 70.9 Å². The van der Waals surface area contributed by atoms with E-state index in [0.29, 0.717) is 32.7 Å². The van der Waals surface area contributed by atoms with Crippen molar-refractivity contribution >= 4 is 11.9 Å². The molecular formula is C44H87NO6. The summed E-state index contributed by atoms with van der Waals surface area (Å²) in [5.74, 6) is -0.0443. The normalized spacial score (nSPS) is 11.6. The molecule has 0 atom stereocenters. The van der Waals surface area contributed by atoms with Crippen molar-refractivity contribution in [2.24, 2.45) is 0 Å². The summed E-state index contributed by atoms with van der Waals surface area (Å²) in [7, 11) is 0. The Morgan fingerprint density at radius 1 is 0.471 bits per heavy atom. The zero-order valence-corrected chi connectivity index (χ0v) is 34.4. The molecule has 0 radical (unpaired) electrons. The number of esters is 2. The van der Waals surface area contributed by atoms with Crippen LogP contribution in [0, 0.1) is 0 Å². The van der Waals surface area contributed by atoms with Crippen molar-refractivity contribution in [3.63, 3.8) is 0 Å². The lowest BCUT2D eigenvalue weighted by atomic mass is 10.0. The van der Waals surface area contributed by atoms with E-state index in [9.17, 15) is 9.59 Å². The van der Waals surface area contributed by atoms with Gasteiger partial charge in [-0.1, -0.05) is 149 Å². The van der Waals surface area contributed by atoms with E-state index < -0.39 is 0 Å². The van der Waals surface area contributed by atoms with Crippen LogP contribution in [0.4, 0.5) is 0 Å². The molecule has 0 spiro atoms. The van der Waals surface area contributed by atoms with Gasteiger partial charge in [0.25, 0.3) is 0 Å². The lowest BCUT2D eigenvalue weighted by Crippen LogP contribution is -2.30. The quantitative estimate of drug-likeness (QED) is 0.0495. The molecule has 0 unspecified atom stereocenters. The molecule has 0 aromatic rings. The topological polar surface area (TPSA) is 85.3 Å². The average Bonchev–Trinajstić information content (AvgIpc) is 3.12. The van der Waals surface area contributed by atoms with Gasteiger partial charge in [-0.25, -0.2) is 0 Å². The molecule has 1 N–H and O–H groups in total. The number of ether oxygens (including phenoxy) is 3. The van der Waals surface area contributed by atoms with Crippen molar-refractivity contribution < 1.29 is 28.9 Å². The minimum absolute atomic E-state index is 0.00690. The van der Waals surface area contributed by atoms with Gasteiger partial charge in [-0.2, -0.15) is 0 Å². The Kier molecular flexibility index (Phi) is 40.6. The molecule has 0 fully saturated rings. The lowest BCUT2D eigenvalue weighted by molar-refractivity contribution is -0.150. The Bertz CT molecular complexity index is 704. The molecule has 0 aliphatic rings. The van der Waals surface area contributed by atoms with E-state index in [2.05, 4.69) is 25.7 Å². The smallest absolute Gasteiger partial charge is 0.306 e. The zero-order valence-electron chi connectivity index (χ0n) is 34.4. The van der Waals surface area contributed by atoms with Gasteiger partial charge < -0.3 is 24.2 Å². The van der Waals surface area contributed by atoms with Crippen molar-refractivity contribution in [3.8, 4) is 0 Å². The number of hydrogen-bond acceptors (Lipinski definition) is 7. The minimum atomic E-state index is -0.0512. The molecule has 0 saturated heterocycles. The standard InChI is InChI=1S/C44H87NO6/c1-4-7-10-13-16-22-30-39-50-43(47)33-27-23-29-36-45(37-40-49-41-38-46)35-28-21-17-20-26-34-44(48)51-42(31-24-18-14-11-8-5-2)32-25-19-15-12-9-6-3/h42,46H,4-41H2,1-3H3. The Morgan fingerprint density at radius 3 is 1.43 bits per heavy atom. The van der Waals surface area contributed by atoms with Crippen molar-refractivity contribution in [1.29, 1.82) is 0 Å². The summed E-state index contributed by atoms with van der Waals surface area (Å²) in [4.78, 5) is 27.3. The highest BCUT2D eigenvalue weighted by Crippen LogP contribution is 2.18. The highest BCUT2D eigenvalue weighted by atomic mass is 16.5. The second kappa shape index (κ2) is 41.6. The molecule has 0 aliphatic heterocycles. The second-order valence-electron chi connectivity index (χ2n) is 15.1. The van der Waals surface area contributed by atoms with Gasteiger partial charge in [-0.3, -0.25) is 9.59 Å². The summed E-state index contributed by atoms with van der Waals surface area (Å²) in [6.07, 6.45) is 35.6. The number of unbranched alkanes of at least 4 members (excludes halogenated alkanes) is 22. The second-order valence-corrected chi connectivity index (χ2v) is 15.1. The van der Waals surface area contributed by atoms with Gasteiger partial charge in [0.15, 0.2) is 0 Å². The van der Waals surface area contributed by atoms with E-state index >= 15 is 0 Å². The summed E-state index contributed by atoms with van der Waals surface area (Å²) in [5, 5.41) is 9.05. The van der Waals surface area contributed by atoms with E-state index in [0.717, 1.165) is 96.7 Å². The molecule has 7 heteroatoms. The van der Waals surface area contributed by atoms with Crippen LogP contribution in [0.1, 0.15) is 220 Å². The van der Waals surface area contributed by atoms with Gasteiger partial charge in [0.05, 0.1) is 26.4 Å². The predicted molar refractivity (Wildman–Crippen MR) is 215 cm³/mol. The number of nitrogens with zero attached hydrogens (tertiary/aromatic N) is 1. The zero-order chi connectivity index (χ0) is 37.3. The maximum absolute atomic E-state index is 12.7. The molecule has 0 bridgehead atoms. The molecule has 0 saturated carbocycles. The largest absolute Gasteiger partial charge is 0.466 e. The summed E-state index contributed by atoms with van der Waals surface area (Å²) < 4.78 is 17.0. The molecule has 7 nitrogen and oxygen atoms in total. The third-order valence-corrected chi connectivity index (χ3v) is 10.1. The first kappa shape index (κ1) is 49.8. The number of aliphatic hydroxyl groups excluding tert-OH is 1. The number of rotatable bonds is 42. The first-order valence-electron chi connectivity index (χ1n) is 22.3. The molecular weight excluding hydrogens is 638 g/mol. The van der Waals surface area contributed by atoms with Crippen LogP contribution in [0.2, 0.25) is 0 Å². The lowest BCUT2D eigenvalue weighted by Gasteiger charge is -2.22. The number of carbonyl (C=O) groups is 2. The van der Waals surface area contributed by atoms with Crippen LogP contribution in [-0.4, -0.2) is 74.1 Å². The maximum atomic E-state index is 12.7. The van der Waals surface area contributed by atoms with Crippen LogP contribution < -0.4 is 0 Å². The molecule has 0 rings (SSSR count). The van der Waals surface area contributed by atoms with Crippen molar-refractivity contribution in [2.45, 2.75) is 226 Å². The van der Waals surface area contributed by atoms with Crippen LogP contribution in [0.3, 0.4) is 0 Å². The van der Waals surface area contributed by atoms with Crippen LogP contribution in [-0.2, 0) is 23.8 Å². The van der Waals surface area contributed by atoms with E-state index in [1.165, 1.54) is 109 Å². The van der Waals surface area contributed by atoms with Gasteiger partial charge in [-0.15, -0.1) is 0 Å². The number of hydrogen-bond donors (Lipinski definition) is 1. The summed E-state index contributed by atoms with van der Waals surface area (Å²) in [6.45, 7) is 11.3. The van der Waals surface area contributed by atoms with E-state index in [1.54, 1.807) is 0 Å². The van der Waals surface area contributed by atoms with Crippen molar-refractivity contribution in [2.75, 3.05) is 46.1 Å². The molecule has 0 aromatic carbocycles. The van der Waals surface area contributed by atoms with Gasteiger partial charge >= 0.3 is 11.9 Å². The summed E-state index contributed by atoms with van der Waals surface area (Å²) >= 11 is 0. The average molecular weight is 726 g/mol. The molecule has 304 valence electrons. The monoisotopic (exact) mass is 726 g/mol. The van der Waals surface area contributed by atoms with E-state index in [1.807, 2.05) is 0 Å². The summed E-state index contributed by atoms with van der Waals surface area (Å²) in [6, 6.07) is 0. The Balaban J connectivity index is 4.20. The fourth-order valence-corrected chi connectivity index (χ4v) is 6.74. The first-order valence-corrected chi connectivity index (χ1v) is 22.3. The highest BCUT2D eigenvalue weighted by Gasteiger charge is 2.14. The Hall–Kier alpha value is -1.18. The molecule has 0 aliphatic carbocycles. The SMILES string of the molecule is CCCCCCCCCOC(=O)CCCCCN(CCCCCCCC(=O)OC(CCCCCCCC)CCCCCCCC)CCOCCO. The maximum Gasteiger partial charge on any atom is 0.306 e. The van der Waals surface area contributed by atoms with Crippen LogP contribution >= 0.6 is 0 Å². The Labute approximate surface area is 317 Å². The third kappa shape index (κ3) is 38.4. The number of aliphatic hydroxyl groups is 1. The van der Waals surface area contributed by atoms with E-state index in [-0.39, 0.29) is 24.6 Å². The van der Waals surface area contributed by atoms with Crippen molar-refractivity contribution in [3.05, 3.63) is 0 Å². The van der Waals surface area contributed by atoms with Gasteiger partial charge in [0.2, 0.25) is 0 Å². The van der Waals surface area contributed by atoms with Crippen LogP contribution in [0.25, 0.3) is 0 Å². The molecule has 0 heterocycles. The predicted octanol–water partition coefficient (Wildman–Crippen LogP) is 11.9. The fourth-order valence-electron chi connectivity index (χ4n) is 6.74. The van der Waals surface area contributed by atoms with Crippen molar-refractivity contribution in [1.82, 2.24) is 4.90 Å². The van der Waals surface area contributed by atoms with Crippen LogP contribution in [0.5, 0.6) is 0 Å². The minimum Gasteiger partial charge on any atom is -0.466 e. The number of carbonyl (C=O) groups excluding carboxylic acids is 2. The third-order valence-electron chi connectivity index (χ3n) is 10.1. The Morgan fingerprint density at radius 2 is 0.902 bits per heavy atom. The first-order chi connectivity index (χ1) is 25.1. The van der Waals surface area contributed by atoms with E-state index in [4.69, 9.17) is 19.3 Å². The molecule has 0 aromatic heterocycles. The molecule has 51 heavy (non-hydrogen) atoms. The van der Waals surface area contributed by atoms with Crippen LogP contribution in [0.15, 0.2) is 0 Å².